The number of ether oxygens (including phenoxy) is 1. The monoisotopic (exact) mass is 430 g/mol. The third-order valence-electron chi connectivity index (χ3n) is 2.74. The Kier molecular flexibility index (Phi) is 7.19. The van der Waals surface area contributed by atoms with Gasteiger partial charge in [-0.05, 0) is 45.8 Å². The molecular weight excluding hydrogens is 416 g/mol. The van der Waals surface area contributed by atoms with Crippen molar-refractivity contribution < 1.29 is 4.74 Å². The Labute approximate surface area is 146 Å². The normalized spacial score (nSPS) is 10.8. The Morgan fingerprint density at radius 3 is 2.71 bits per heavy atom. The molecule has 0 spiro atoms. The van der Waals surface area contributed by atoms with Crippen molar-refractivity contribution in [2.45, 2.75) is 16.5 Å². The summed E-state index contributed by atoms with van der Waals surface area (Å²) < 4.78 is 7.11. The van der Waals surface area contributed by atoms with E-state index >= 15 is 0 Å². The van der Waals surface area contributed by atoms with E-state index in [0.717, 1.165) is 27.1 Å². The molecule has 0 saturated carbocycles. The predicted octanol–water partition coefficient (Wildman–Crippen LogP) is 4.49. The molecule has 1 aromatic carbocycles. The van der Waals surface area contributed by atoms with Crippen molar-refractivity contribution in [3.8, 4) is 0 Å². The highest BCUT2D eigenvalue weighted by molar-refractivity contribution is 9.10. The number of hydrogen-bond acceptors (Lipinski definition) is 4. The Morgan fingerprint density at radius 1 is 1.19 bits per heavy atom. The molecule has 0 amide bonds. The molecule has 0 fully saturated rings. The molecule has 6 heteroatoms. The van der Waals surface area contributed by atoms with Crippen LogP contribution in [0.25, 0.3) is 0 Å². The van der Waals surface area contributed by atoms with Crippen molar-refractivity contribution in [3.63, 3.8) is 0 Å². The number of rotatable bonds is 7. The van der Waals surface area contributed by atoms with Crippen LogP contribution in [0.4, 0.5) is 0 Å². The quantitative estimate of drug-likeness (QED) is 0.654. The Bertz CT molecular complexity index is 578. The van der Waals surface area contributed by atoms with E-state index in [1.807, 2.05) is 18.3 Å². The zero-order valence-electron chi connectivity index (χ0n) is 11.6. The first-order valence-electron chi connectivity index (χ1n) is 6.46. The van der Waals surface area contributed by atoms with E-state index in [9.17, 15) is 0 Å². The van der Waals surface area contributed by atoms with E-state index in [0.29, 0.717) is 6.61 Å². The number of nitrogens with zero attached hydrogens (tertiary/aromatic N) is 1. The van der Waals surface area contributed by atoms with Gasteiger partial charge in [0.15, 0.2) is 0 Å². The minimum absolute atomic E-state index is 0.716. The topological polar surface area (TPSA) is 34.1 Å². The molecule has 1 N–H and O–H groups in total. The van der Waals surface area contributed by atoms with E-state index in [-0.39, 0.29) is 0 Å². The molecule has 0 aliphatic heterocycles. The van der Waals surface area contributed by atoms with Gasteiger partial charge in [0.1, 0.15) is 5.03 Å². The van der Waals surface area contributed by atoms with Crippen LogP contribution >= 0.6 is 43.6 Å². The lowest BCUT2D eigenvalue weighted by Crippen LogP contribution is -2.18. The van der Waals surface area contributed by atoms with Gasteiger partial charge in [-0.15, -0.1) is 0 Å². The fraction of sp³-hybridized carbons (Fsp3) is 0.267. The molecule has 0 atom stereocenters. The summed E-state index contributed by atoms with van der Waals surface area (Å²) >= 11 is 8.61. The second-order valence-electron chi connectivity index (χ2n) is 4.34. The van der Waals surface area contributed by atoms with Crippen LogP contribution in [-0.4, -0.2) is 25.2 Å². The van der Waals surface area contributed by atoms with Crippen molar-refractivity contribution >= 4 is 43.6 Å². The maximum Gasteiger partial charge on any atom is 0.101 e. The third-order valence-corrected chi connectivity index (χ3v) is 4.76. The second-order valence-corrected chi connectivity index (χ2v) is 7.23. The van der Waals surface area contributed by atoms with Gasteiger partial charge in [-0.3, -0.25) is 0 Å². The maximum absolute atomic E-state index is 5.05. The Hall–Kier alpha value is -0.400. The van der Waals surface area contributed by atoms with Crippen LogP contribution in [0.15, 0.2) is 55.4 Å². The number of benzene rings is 1. The molecule has 2 aromatic rings. The molecule has 0 aliphatic rings. The lowest BCUT2D eigenvalue weighted by atomic mass is 10.2. The van der Waals surface area contributed by atoms with Crippen LogP contribution in [0.3, 0.4) is 0 Å². The first kappa shape index (κ1) is 17.0. The summed E-state index contributed by atoms with van der Waals surface area (Å²) in [6, 6.07) is 10.3. The van der Waals surface area contributed by atoms with Crippen molar-refractivity contribution in [3.05, 3.63) is 51.0 Å². The average molecular weight is 432 g/mol. The molecule has 1 heterocycles. The summed E-state index contributed by atoms with van der Waals surface area (Å²) in [5.41, 5.74) is 1.25. The SMILES string of the molecule is COCCNCc1ccc(Br)cc1Sc1ccc(Br)cn1. The predicted molar refractivity (Wildman–Crippen MR) is 93.8 cm³/mol. The number of nitrogens with one attached hydrogen (secondary N) is 1. The van der Waals surface area contributed by atoms with Gasteiger partial charge < -0.3 is 10.1 Å². The van der Waals surface area contributed by atoms with Gasteiger partial charge in [0, 0.05) is 40.2 Å². The first-order chi connectivity index (χ1) is 10.2. The Balaban J connectivity index is 2.09. The molecule has 0 unspecified atom stereocenters. The summed E-state index contributed by atoms with van der Waals surface area (Å²) in [6.07, 6.45) is 1.82. The number of pyridine rings is 1. The van der Waals surface area contributed by atoms with Crippen LogP contribution in [0.1, 0.15) is 5.56 Å². The largest absolute Gasteiger partial charge is 0.383 e. The van der Waals surface area contributed by atoms with Crippen LogP contribution in [0, 0.1) is 0 Å². The first-order valence-corrected chi connectivity index (χ1v) is 8.87. The van der Waals surface area contributed by atoms with Crippen LogP contribution in [-0.2, 0) is 11.3 Å². The van der Waals surface area contributed by atoms with E-state index in [1.165, 1.54) is 10.5 Å². The van der Waals surface area contributed by atoms with Gasteiger partial charge in [-0.25, -0.2) is 4.98 Å². The number of halogens is 2. The second kappa shape index (κ2) is 8.90. The molecule has 0 aliphatic carbocycles. The lowest BCUT2D eigenvalue weighted by Gasteiger charge is -2.10. The van der Waals surface area contributed by atoms with Crippen molar-refractivity contribution in [1.29, 1.82) is 0 Å². The Morgan fingerprint density at radius 2 is 2.00 bits per heavy atom. The number of aromatic nitrogens is 1. The summed E-state index contributed by atoms with van der Waals surface area (Å²) in [5, 5.41) is 4.36. The van der Waals surface area contributed by atoms with Crippen LogP contribution in [0.2, 0.25) is 0 Å². The summed E-state index contributed by atoms with van der Waals surface area (Å²) in [6.45, 7) is 2.37. The third kappa shape index (κ3) is 5.71. The number of hydrogen-bond donors (Lipinski definition) is 1. The van der Waals surface area contributed by atoms with Crippen LogP contribution in [0.5, 0.6) is 0 Å². The minimum atomic E-state index is 0.716. The number of methoxy groups -OCH3 is 1. The van der Waals surface area contributed by atoms with Gasteiger partial charge in [0.2, 0.25) is 0 Å². The maximum atomic E-state index is 5.05. The summed E-state index contributed by atoms with van der Waals surface area (Å²) in [4.78, 5) is 5.61. The highest BCUT2D eigenvalue weighted by Crippen LogP contribution is 2.31. The standard InChI is InChI=1S/C15H16Br2N2OS/c1-20-7-6-18-9-11-2-3-12(16)8-14(11)21-15-5-4-13(17)10-19-15/h2-5,8,10,18H,6-7,9H2,1H3. The van der Waals surface area contributed by atoms with Gasteiger partial charge in [0.05, 0.1) is 6.61 Å². The van der Waals surface area contributed by atoms with Crippen molar-refractivity contribution in [1.82, 2.24) is 10.3 Å². The molecule has 1 aromatic heterocycles. The molecular formula is C15H16Br2N2OS. The molecule has 21 heavy (non-hydrogen) atoms. The minimum Gasteiger partial charge on any atom is -0.383 e. The summed E-state index contributed by atoms with van der Waals surface area (Å²) in [7, 11) is 1.71. The molecule has 112 valence electrons. The van der Waals surface area contributed by atoms with Gasteiger partial charge in [-0.1, -0.05) is 33.8 Å². The highest BCUT2D eigenvalue weighted by Gasteiger charge is 2.06. The van der Waals surface area contributed by atoms with E-state index in [1.54, 1.807) is 18.9 Å². The van der Waals surface area contributed by atoms with Crippen LogP contribution < -0.4 is 5.32 Å². The molecule has 0 saturated heterocycles. The zero-order valence-corrected chi connectivity index (χ0v) is 15.6. The fourth-order valence-corrected chi connectivity index (χ4v) is 3.37. The van der Waals surface area contributed by atoms with Gasteiger partial charge >= 0.3 is 0 Å². The zero-order chi connectivity index (χ0) is 15.1. The van der Waals surface area contributed by atoms with E-state index in [2.05, 4.69) is 60.4 Å². The van der Waals surface area contributed by atoms with E-state index in [4.69, 9.17) is 4.74 Å². The highest BCUT2D eigenvalue weighted by atomic mass is 79.9. The fourth-order valence-electron chi connectivity index (χ4n) is 1.70. The molecule has 3 nitrogen and oxygen atoms in total. The van der Waals surface area contributed by atoms with Crippen molar-refractivity contribution in [2.24, 2.45) is 0 Å². The lowest BCUT2D eigenvalue weighted by molar-refractivity contribution is 0.199. The van der Waals surface area contributed by atoms with E-state index < -0.39 is 0 Å². The molecule has 0 bridgehead atoms. The average Bonchev–Trinajstić information content (AvgIpc) is 2.48. The molecule has 0 radical (unpaired) electrons. The summed E-state index contributed by atoms with van der Waals surface area (Å²) in [5.74, 6) is 0. The van der Waals surface area contributed by atoms with Crippen molar-refractivity contribution in [2.75, 3.05) is 20.3 Å². The smallest absolute Gasteiger partial charge is 0.101 e. The molecule has 2 rings (SSSR count). The van der Waals surface area contributed by atoms with Gasteiger partial charge in [0.25, 0.3) is 0 Å². The van der Waals surface area contributed by atoms with Gasteiger partial charge in [-0.2, -0.15) is 0 Å².